The lowest BCUT2D eigenvalue weighted by Gasteiger charge is -2.29. The molecule has 7 heteroatoms. The predicted molar refractivity (Wildman–Crippen MR) is 118 cm³/mol. The average molecular weight is 419 g/mol. The van der Waals surface area contributed by atoms with Crippen molar-refractivity contribution in [3.8, 4) is 5.69 Å². The van der Waals surface area contributed by atoms with Crippen molar-refractivity contribution in [1.82, 2.24) is 9.88 Å². The fourth-order valence-electron chi connectivity index (χ4n) is 3.44. The molecule has 0 saturated carbocycles. The molecule has 1 aromatic heterocycles. The molecular weight excluding hydrogens is 401 g/mol. The van der Waals surface area contributed by atoms with Gasteiger partial charge in [0.2, 0.25) is 0 Å². The van der Waals surface area contributed by atoms with Crippen molar-refractivity contribution in [1.29, 1.82) is 0 Å². The number of hydrogen-bond donors (Lipinski definition) is 1. The highest BCUT2D eigenvalue weighted by atomic mass is 32.1. The Kier molecular flexibility index (Phi) is 5.05. The molecule has 4 rings (SSSR count). The van der Waals surface area contributed by atoms with Gasteiger partial charge in [-0.25, -0.2) is 4.39 Å². The van der Waals surface area contributed by atoms with E-state index in [1.54, 1.807) is 0 Å². The third kappa shape index (κ3) is 3.55. The molecule has 30 heavy (non-hydrogen) atoms. The van der Waals surface area contributed by atoms with Gasteiger partial charge >= 0.3 is 0 Å². The summed E-state index contributed by atoms with van der Waals surface area (Å²) in [7, 11) is 0. The normalized spacial score (nSPS) is 15.6. The van der Waals surface area contributed by atoms with Crippen LogP contribution in [0, 0.1) is 19.7 Å². The van der Waals surface area contributed by atoms with Crippen LogP contribution >= 0.6 is 12.2 Å². The average Bonchev–Trinajstić information content (AvgIpc) is 3.14. The van der Waals surface area contributed by atoms with Gasteiger partial charge in [0.1, 0.15) is 11.4 Å². The van der Waals surface area contributed by atoms with E-state index in [1.807, 2.05) is 48.9 Å². The van der Waals surface area contributed by atoms with E-state index in [0.29, 0.717) is 11.4 Å². The monoisotopic (exact) mass is 419 g/mol. The summed E-state index contributed by atoms with van der Waals surface area (Å²) >= 11 is 5.18. The molecule has 0 radical (unpaired) electrons. The highest BCUT2D eigenvalue weighted by Gasteiger charge is 2.34. The van der Waals surface area contributed by atoms with Crippen LogP contribution in [-0.2, 0) is 9.59 Å². The summed E-state index contributed by atoms with van der Waals surface area (Å²) in [5.41, 5.74) is 4.16. The second-order valence-electron chi connectivity index (χ2n) is 7.03. The Hall–Kier alpha value is -3.58. The Morgan fingerprint density at radius 1 is 1.03 bits per heavy atom. The van der Waals surface area contributed by atoms with Crippen LogP contribution in [0.3, 0.4) is 0 Å². The van der Waals surface area contributed by atoms with Gasteiger partial charge in [0.25, 0.3) is 11.8 Å². The molecule has 3 aromatic rings. The van der Waals surface area contributed by atoms with E-state index < -0.39 is 17.6 Å². The minimum absolute atomic E-state index is 0.0430. The number of anilines is 1. The molecule has 2 amide bonds. The maximum absolute atomic E-state index is 13.3. The minimum atomic E-state index is -0.572. The standard InChI is InChI=1S/C23H18FN3O2S/c1-14-5-10-20(15(2)12-14)26-11-3-4-18(26)13-19-21(28)25-23(30)27(22(19)29)17-8-6-16(24)7-9-17/h3-13H,1-2H3,(H,25,28,30). The number of aromatic nitrogens is 1. The second kappa shape index (κ2) is 7.68. The Morgan fingerprint density at radius 3 is 2.47 bits per heavy atom. The number of nitrogens with one attached hydrogen (secondary N) is 1. The van der Waals surface area contributed by atoms with Crippen LogP contribution in [0.4, 0.5) is 10.1 Å². The lowest BCUT2D eigenvalue weighted by Crippen LogP contribution is -2.54. The zero-order chi connectivity index (χ0) is 21.4. The largest absolute Gasteiger partial charge is 0.317 e. The van der Waals surface area contributed by atoms with Crippen molar-refractivity contribution in [2.24, 2.45) is 0 Å². The molecule has 2 aromatic carbocycles. The van der Waals surface area contributed by atoms with Gasteiger partial charge < -0.3 is 4.57 Å². The molecule has 0 aliphatic carbocycles. The Balaban J connectivity index is 1.76. The molecule has 150 valence electrons. The Bertz CT molecular complexity index is 1210. The van der Waals surface area contributed by atoms with Gasteiger partial charge in [-0.3, -0.25) is 19.8 Å². The van der Waals surface area contributed by atoms with Crippen molar-refractivity contribution in [3.05, 3.63) is 89.0 Å². The Morgan fingerprint density at radius 2 is 1.77 bits per heavy atom. The van der Waals surface area contributed by atoms with E-state index in [4.69, 9.17) is 12.2 Å². The molecule has 0 spiro atoms. The van der Waals surface area contributed by atoms with E-state index in [0.717, 1.165) is 16.8 Å². The van der Waals surface area contributed by atoms with E-state index in [1.165, 1.54) is 35.2 Å². The van der Waals surface area contributed by atoms with Crippen LogP contribution in [0.25, 0.3) is 11.8 Å². The van der Waals surface area contributed by atoms with Gasteiger partial charge in [0.15, 0.2) is 5.11 Å². The topological polar surface area (TPSA) is 54.3 Å². The predicted octanol–water partition coefficient (Wildman–Crippen LogP) is 4.06. The fourth-order valence-corrected chi connectivity index (χ4v) is 3.72. The number of halogens is 1. The van der Waals surface area contributed by atoms with Crippen LogP contribution < -0.4 is 10.2 Å². The van der Waals surface area contributed by atoms with Crippen LogP contribution in [0.2, 0.25) is 0 Å². The first-order valence-electron chi connectivity index (χ1n) is 9.27. The maximum atomic E-state index is 13.3. The highest BCUT2D eigenvalue weighted by molar-refractivity contribution is 7.80. The van der Waals surface area contributed by atoms with Gasteiger partial charge in [-0.05, 0) is 80.2 Å². The molecule has 0 bridgehead atoms. The SMILES string of the molecule is Cc1ccc(-n2cccc2C=C2C(=O)NC(=S)N(c3ccc(F)cc3)C2=O)c(C)c1. The number of benzene rings is 2. The molecule has 1 fully saturated rings. The molecule has 2 heterocycles. The first kappa shape index (κ1) is 19.7. The lowest BCUT2D eigenvalue weighted by molar-refractivity contribution is -0.122. The van der Waals surface area contributed by atoms with Gasteiger partial charge in [-0.2, -0.15) is 0 Å². The smallest absolute Gasteiger partial charge is 0.270 e. The van der Waals surface area contributed by atoms with Crippen molar-refractivity contribution in [2.45, 2.75) is 13.8 Å². The van der Waals surface area contributed by atoms with E-state index in [2.05, 4.69) is 11.4 Å². The van der Waals surface area contributed by atoms with Crippen LogP contribution in [0.1, 0.15) is 16.8 Å². The molecular formula is C23H18FN3O2S. The van der Waals surface area contributed by atoms with Crippen molar-refractivity contribution < 1.29 is 14.0 Å². The summed E-state index contributed by atoms with van der Waals surface area (Å²) in [6, 6.07) is 15.1. The summed E-state index contributed by atoms with van der Waals surface area (Å²) in [6.07, 6.45) is 3.41. The fraction of sp³-hybridized carbons (Fsp3) is 0.0870. The van der Waals surface area contributed by atoms with Gasteiger partial charge in [0, 0.05) is 17.6 Å². The zero-order valence-electron chi connectivity index (χ0n) is 16.3. The molecule has 0 atom stereocenters. The van der Waals surface area contributed by atoms with Crippen molar-refractivity contribution in [3.63, 3.8) is 0 Å². The molecule has 1 N–H and O–H groups in total. The van der Waals surface area contributed by atoms with Gasteiger partial charge in [-0.1, -0.05) is 17.7 Å². The first-order chi connectivity index (χ1) is 14.3. The number of hydrogen-bond acceptors (Lipinski definition) is 3. The molecule has 1 aliphatic rings. The molecule has 5 nitrogen and oxygen atoms in total. The summed E-state index contributed by atoms with van der Waals surface area (Å²) in [6.45, 7) is 4.03. The number of carbonyl (C=O) groups excluding carboxylic acids is 2. The van der Waals surface area contributed by atoms with Gasteiger partial charge in [-0.15, -0.1) is 0 Å². The lowest BCUT2D eigenvalue weighted by atomic mass is 10.1. The third-order valence-corrected chi connectivity index (χ3v) is 5.16. The maximum Gasteiger partial charge on any atom is 0.270 e. The van der Waals surface area contributed by atoms with Crippen LogP contribution in [0.5, 0.6) is 0 Å². The van der Waals surface area contributed by atoms with E-state index >= 15 is 0 Å². The zero-order valence-corrected chi connectivity index (χ0v) is 17.2. The number of aryl methyl sites for hydroxylation is 2. The summed E-state index contributed by atoms with van der Waals surface area (Å²) < 4.78 is 15.2. The van der Waals surface area contributed by atoms with Crippen LogP contribution in [0.15, 0.2) is 66.4 Å². The number of rotatable bonds is 3. The van der Waals surface area contributed by atoms with E-state index in [-0.39, 0.29) is 10.7 Å². The van der Waals surface area contributed by atoms with Gasteiger partial charge in [0.05, 0.1) is 5.69 Å². The number of thiocarbonyl (C=S) groups is 1. The summed E-state index contributed by atoms with van der Waals surface area (Å²) in [5.74, 6) is -1.57. The number of amides is 2. The quantitative estimate of drug-likeness (QED) is 0.396. The molecule has 1 aliphatic heterocycles. The van der Waals surface area contributed by atoms with E-state index in [9.17, 15) is 14.0 Å². The summed E-state index contributed by atoms with van der Waals surface area (Å²) in [4.78, 5) is 26.9. The highest BCUT2D eigenvalue weighted by Crippen LogP contribution is 2.24. The van der Waals surface area contributed by atoms with Crippen molar-refractivity contribution >= 4 is 40.9 Å². The summed E-state index contributed by atoms with van der Waals surface area (Å²) in [5, 5.41) is 2.50. The molecule has 0 unspecified atom stereocenters. The Labute approximate surface area is 178 Å². The van der Waals surface area contributed by atoms with Crippen LogP contribution in [-0.4, -0.2) is 21.5 Å². The first-order valence-corrected chi connectivity index (χ1v) is 9.68. The number of carbonyl (C=O) groups is 2. The third-order valence-electron chi connectivity index (χ3n) is 4.87. The second-order valence-corrected chi connectivity index (χ2v) is 7.41. The number of nitrogens with zero attached hydrogens (tertiary/aromatic N) is 2. The minimum Gasteiger partial charge on any atom is -0.317 e. The van der Waals surface area contributed by atoms with Crippen molar-refractivity contribution in [2.75, 3.05) is 4.90 Å². The molecule has 1 saturated heterocycles.